The molecule has 1 aromatic carbocycles. The van der Waals surface area contributed by atoms with Gasteiger partial charge in [-0.25, -0.2) is 4.68 Å². The highest BCUT2D eigenvalue weighted by molar-refractivity contribution is 5.62. The molecule has 2 rings (SSSR count). The van der Waals surface area contributed by atoms with E-state index in [1.807, 2.05) is 26.0 Å². The van der Waals surface area contributed by atoms with Gasteiger partial charge < -0.3 is 5.73 Å². The molecular weight excluding hydrogens is 250 g/mol. The number of aromatic nitrogens is 2. The molecule has 1 heterocycles. The fourth-order valence-electron chi connectivity index (χ4n) is 2.08. The van der Waals surface area contributed by atoms with Crippen molar-refractivity contribution < 1.29 is 0 Å². The predicted octanol–water partition coefficient (Wildman–Crippen LogP) is 2.71. The molecule has 4 heteroatoms. The van der Waals surface area contributed by atoms with Crippen molar-refractivity contribution in [2.45, 2.75) is 33.7 Å². The average molecular weight is 271 g/mol. The molecule has 0 spiro atoms. The summed E-state index contributed by atoms with van der Waals surface area (Å²) in [6.07, 6.45) is 1.00. The maximum absolute atomic E-state index is 12.0. The number of anilines is 1. The summed E-state index contributed by atoms with van der Waals surface area (Å²) in [7, 11) is 0. The van der Waals surface area contributed by atoms with Gasteiger partial charge in [0.15, 0.2) is 0 Å². The highest BCUT2D eigenvalue weighted by Gasteiger charge is 2.09. The molecule has 0 aliphatic rings. The van der Waals surface area contributed by atoms with Crippen molar-refractivity contribution in [3.63, 3.8) is 0 Å². The number of nitrogens with two attached hydrogens (primary N) is 1. The Labute approximate surface area is 119 Å². The lowest BCUT2D eigenvalue weighted by Gasteiger charge is -2.11. The molecule has 20 heavy (non-hydrogen) atoms. The van der Waals surface area contributed by atoms with Crippen molar-refractivity contribution in [2.75, 3.05) is 5.73 Å². The zero-order valence-corrected chi connectivity index (χ0v) is 12.3. The Morgan fingerprint density at radius 2 is 1.90 bits per heavy atom. The number of rotatable bonds is 4. The zero-order valence-electron chi connectivity index (χ0n) is 12.3. The minimum atomic E-state index is -0.215. The van der Waals surface area contributed by atoms with Crippen LogP contribution in [0.15, 0.2) is 35.1 Å². The second kappa shape index (κ2) is 5.90. The van der Waals surface area contributed by atoms with Crippen LogP contribution in [0.5, 0.6) is 0 Å². The third-order valence-electron chi connectivity index (χ3n) is 3.20. The summed E-state index contributed by atoms with van der Waals surface area (Å²) in [5.41, 5.74) is 8.84. The average Bonchev–Trinajstić information content (AvgIpc) is 2.43. The Morgan fingerprint density at radius 1 is 1.25 bits per heavy atom. The van der Waals surface area contributed by atoms with Gasteiger partial charge >= 0.3 is 0 Å². The Morgan fingerprint density at radius 3 is 2.45 bits per heavy atom. The summed E-state index contributed by atoms with van der Waals surface area (Å²) in [5, 5.41) is 4.42. The van der Waals surface area contributed by atoms with Gasteiger partial charge in [-0.3, -0.25) is 4.79 Å². The molecule has 0 atom stereocenters. The van der Waals surface area contributed by atoms with E-state index >= 15 is 0 Å². The van der Waals surface area contributed by atoms with Crippen LogP contribution in [-0.2, 0) is 13.0 Å². The fourth-order valence-corrected chi connectivity index (χ4v) is 2.08. The number of aryl methyl sites for hydroxylation is 1. The quantitative estimate of drug-likeness (QED) is 0.930. The number of benzene rings is 1. The van der Waals surface area contributed by atoms with Crippen molar-refractivity contribution in [3.05, 3.63) is 46.2 Å². The van der Waals surface area contributed by atoms with Crippen molar-refractivity contribution >= 4 is 5.69 Å². The summed E-state index contributed by atoms with van der Waals surface area (Å²) >= 11 is 0. The molecule has 0 aliphatic heterocycles. The van der Waals surface area contributed by atoms with Crippen LogP contribution in [-0.4, -0.2) is 9.78 Å². The van der Waals surface area contributed by atoms with Crippen molar-refractivity contribution in [1.82, 2.24) is 9.78 Å². The predicted molar refractivity (Wildman–Crippen MR) is 82.6 cm³/mol. The minimum Gasteiger partial charge on any atom is -0.394 e. The van der Waals surface area contributed by atoms with Gasteiger partial charge in [0.05, 0.1) is 5.69 Å². The molecule has 106 valence electrons. The topological polar surface area (TPSA) is 60.9 Å². The van der Waals surface area contributed by atoms with Crippen LogP contribution in [0.25, 0.3) is 11.3 Å². The first-order valence-corrected chi connectivity index (χ1v) is 6.98. The summed E-state index contributed by atoms with van der Waals surface area (Å²) < 4.78 is 1.46. The first-order valence-electron chi connectivity index (χ1n) is 6.98. The number of nitrogens with zero attached hydrogens (tertiary/aromatic N) is 2. The molecule has 0 amide bonds. The molecule has 0 bridgehead atoms. The van der Waals surface area contributed by atoms with Crippen molar-refractivity contribution in [2.24, 2.45) is 5.92 Å². The van der Waals surface area contributed by atoms with Gasteiger partial charge in [-0.2, -0.15) is 5.10 Å². The molecule has 2 aromatic rings. The summed E-state index contributed by atoms with van der Waals surface area (Å²) in [5.74, 6) is 0.345. The summed E-state index contributed by atoms with van der Waals surface area (Å²) in [6, 6.07) is 9.84. The van der Waals surface area contributed by atoms with Gasteiger partial charge in [0.1, 0.15) is 5.69 Å². The molecule has 0 radical (unpaired) electrons. The van der Waals surface area contributed by atoms with Gasteiger partial charge in [0.2, 0.25) is 0 Å². The molecule has 2 N–H and O–H groups in total. The van der Waals surface area contributed by atoms with E-state index in [4.69, 9.17) is 5.73 Å². The normalized spacial score (nSPS) is 11.0. The summed E-state index contributed by atoms with van der Waals surface area (Å²) in [6.45, 7) is 6.79. The van der Waals surface area contributed by atoms with E-state index in [2.05, 4.69) is 24.2 Å². The molecule has 0 unspecified atom stereocenters. The standard InChI is InChI=1S/C16H21N3O/c1-4-12-5-7-13(8-6-12)15-9-14(17)16(20)19(18-15)10-11(2)3/h5-9,11H,4,10,17H2,1-3H3. The monoisotopic (exact) mass is 271 g/mol. The highest BCUT2D eigenvalue weighted by Crippen LogP contribution is 2.18. The van der Waals surface area contributed by atoms with E-state index in [1.54, 1.807) is 6.07 Å². The lowest BCUT2D eigenvalue weighted by atomic mass is 10.1. The number of nitrogen functional groups attached to an aromatic ring is 1. The molecule has 0 aliphatic carbocycles. The third kappa shape index (κ3) is 3.07. The maximum atomic E-state index is 12.0. The van der Waals surface area contributed by atoms with Gasteiger partial charge in [0.25, 0.3) is 5.56 Å². The first kappa shape index (κ1) is 14.3. The fraction of sp³-hybridized carbons (Fsp3) is 0.375. The van der Waals surface area contributed by atoms with Crippen LogP contribution in [0.1, 0.15) is 26.3 Å². The number of hydrogen-bond acceptors (Lipinski definition) is 3. The molecule has 1 aromatic heterocycles. The smallest absolute Gasteiger partial charge is 0.289 e. The largest absolute Gasteiger partial charge is 0.394 e. The zero-order chi connectivity index (χ0) is 14.7. The second-order valence-electron chi connectivity index (χ2n) is 5.42. The van der Waals surface area contributed by atoms with Crippen LogP contribution in [0.4, 0.5) is 5.69 Å². The summed E-state index contributed by atoms with van der Waals surface area (Å²) in [4.78, 5) is 12.0. The number of hydrogen-bond donors (Lipinski definition) is 1. The second-order valence-corrected chi connectivity index (χ2v) is 5.42. The molecule has 4 nitrogen and oxygen atoms in total. The lowest BCUT2D eigenvalue weighted by Crippen LogP contribution is -2.27. The Bertz CT molecular complexity index is 642. The van der Waals surface area contributed by atoms with E-state index in [0.717, 1.165) is 17.7 Å². The Kier molecular flexibility index (Phi) is 4.23. The Balaban J connectivity index is 2.45. The van der Waals surface area contributed by atoms with E-state index in [9.17, 15) is 4.79 Å². The van der Waals surface area contributed by atoms with E-state index in [0.29, 0.717) is 12.5 Å². The van der Waals surface area contributed by atoms with E-state index in [1.165, 1.54) is 10.2 Å². The van der Waals surface area contributed by atoms with Gasteiger partial charge in [-0.15, -0.1) is 0 Å². The first-order chi connectivity index (χ1) is 9.51. The highest BCUT2D eigenvalue weighted by atomic mass is 16.1. The Hall–Kier alpha value is -2.10. The van der Waals surface area contributed by atoms with E-state index < -0.39 is 0 Å². The molecular formula is C16H21N3O. The van der Waals surface area contributed by atoms with Crippen molar-refractivity contribution in [1.29, 1.82) is 0 Å². The minimum absolute atomic E-state index is 0.215. The third-order valence-corrected chi connectivity index (χ3v) is 3.20. The van der Waals surface area contributed by atoms with Crippen LogP contribution >= 0.6 is 0 Å². The van der Waals surface area contributed by atoms with Gasteiger partial charge in [-0.05, 0) is 24.0 Å². The molecule has 0 fully saturated rings. The van der Waals surface area contributed by atoms with Crippen LogP contribution in [0.3, 0.4) is 0 Å². The SMILES string of the molecule is CCc1ccc(-c2cc(N)c(=O)n(CC(C)C)n2)cc1. The molecule has 0 saturated heterocycles. The van der Waals surface area contributed by atoms with Gasteiger partial charge in [0, 0.05) is 12.1 Å². The van der Waals surface area contributed by atoms with Gasteiger partial charge in [-0.1, -0.05) is 45.0 Å². The van der Waals surface area contributed by atoms with Crippen LogP contribution in [0.2, 0.25) is 0 Å². The molecule has 0 saturated carbocycles. The van der Waals surface area contributed by atoms with E-state index in [-0.39, 0.29) is 11.2 Å². The maximum Gasteiger partial charge on any atom is 0.289 e. The van der Waals surface area contributed by atoms with Crippen LogP contribution < -0.4 is 11.3 Å². The van der Waals surface area contributed by atoms with Crippen LogP contribution in [0, 0.1) is 5.92 Å². The van der Waals surface area contributed by atoms with Crippen molar-refractivity contribution in [3.8, 4) is 11.3 Å². The lowest BCUT2D eigenvalue weighted by molar-refractivity contribution is 0.466.